The van der Waals surface area contributed by atoms with Crippen molar-refractivity contribution in [3.63, 3.8) is 0 Å². The number of piperidine rings is 1. The fourth-order valence-corrected chi connectivity index (χ4v) is 2.40. The number of rotatable bonds is 2. The van der Waals surface area contributed by atoms with Gasteiger partial charge >= 0.3 is 0 Å². The van der Waals surface area contributed by atoms with Gasteiger partial charge in [-0.1, -0.05) is 0 Å². The lowest BCUT2D eigenvalue weighted by atomic mass is 9.97. The third-order valence-electron chi connectivity index (χ3n) is 3.61. The fourth-order valence-electron chi connectivity index (χ4n) is 2.40. The topological polar surface area (TPSA) is 84.7 Å². The first-order chi connectivity index (χ1) is 8.58. The summed E-state index contributed by atoms with van der Waals surface area (Å²) in [5.41, 5.74) is 5.81. The van der Waals surface area contributed by atoms with Crippen molar-refractivity contribution in [1.82, 2.24) is 10.2 Å². The molecule has 3 N–H and O–H groups in total. The number of ether oxygens (including phenoxy) is 1. The Bertz CT molecular complexity index is 323. The van der Waals surface area contributed by atoms with Crippen molar-refractivity contribution in [3.05, 3.63) is 0 Å². The van der Waals surface area contributed by atoms with E-state index in [0.717, 1.165) is 0 Å². The maximum Gasteiger partial charge on any atom is 0.227 e. The molecule has 0 aliphatic carbocycles. The Morgan fingerprint density at radius 1 is 1.61 bits per heavy atom. The van der Waals surface area contributed by atoms with E-state index in [1.807, 2.05) is 11.8 Å². The van der Waals surface area contributed by atoms with Crippen LogP contribution in [0.25, 0.3) is 0 Å². The Morgan fingerprint density at radius 3 is 3.00 bits per heavy atom. The van der Waals surface area contributed by atoms with E-state index in [1.54, 1.807) is 0 Å². The van der Waals surface area contributed by atoms with Crippen LogP contribution >= 0.6 is 0 Å². The van der Waals surface area contributed by atoms with Gasteiger partial charge in [0.25, 0.3) is 0 Å². The summed E-state index contributed by atoms with van der Waals surface area (Å²) in [6.45, 7) is 4.06. The van der Waals surface area contributed by atoms with Gasteiger partial charge in [0.15, 0.2) is 0 Å². The predicted octanol–water partition coefficient (Wildman–Crippen LogP) is -0.913. The van der Waals surface area contributed by atoms with Gasteiger partial charge < -0.3 is 20.7 Å². The van der Waals surface area contributed by atoms with Crippen LogP contribution < -0.4 is 11.1 Å². The van der Waals surface area contributed by atoms with Crippen LogP contribution in [0.15, 0.2) is 0 Å². The molecule has 2 aliphatic rings. The highest BCUT2D eigenvalue weighted by atomic mass is 16.5. The average Bonchev–Trinajstić information content (AvgIpc) is 2.39. The minimum absolute atomic E-state index is 0.0366. The summed E-state index contributed by atoms with van der Waals surface area (Å²) < 4.78 is 5.54. The van der Waals surface area contributed by atoms with E-state index >= 15 is 0 Å². The molecule has 0 aromatic carbocycles. The summed E-state index contributed by atoms with van der Waals surface area (Å²) in [5, 5.41) is 2.74. The quantitative estimate of drug-likeness (QED) is 0.669. The number of hydrogen-bond donors (Lipinski definition) is 2. The van der Waals surface area contributed by atoms with Gasteiger partial charge in [0.05, 0.1) is 18.6 Å². The van der Waals surface area contributed by atoms with E-state index in [0.29, 0.717) is 39.1 Å². The zero-order chi connectivity index (χ0) is 13.1. The maximum absolute atomic E-state index is 12.3. The summed E-state index contributed by atoms with van der Waals surface area (Å²) in [7, 11) is 0. The highest BCUT2D eigenvalue weighted by molar-refractivity contribution is 5.83. The summed E-state index contributed by atoms with van der Waals surface area (Å²) in [6, 6.07) is -0.0772. The van der Waals surface area contributed by atoms with Crippen LogP contribution in [-0.2, 0) is 14.3 Å². The van der Waals surface area contributed by atoms with E-state index in [-0.39, 0.29) is 29.9 Å². The maximum atomic E-state index is 12.3. The lowest BCUT2D eigenvalue weighted by molar-refractivity contribution is -0.145. The van der Waals surface area contributed by atoms with Gasteiger partial charge in [-0.15, -0.1) is 0 Å². The van der Waals surface area contributed by atoms with Crippen molar-refractivity contribution in [2.75, 3.05) is 26.2 Å². The molecule has 0 bridgehead atoms. The molecule has 0 aromatic rings. The number of carbonyl (C=O) groups is 2. The van der Waals surface area contributed by atoms with Crippen molar-refractivity contribution in [2.24, 2.45) is 11.7 Å². The van der Waals surface area contributed by atoms with E-state index < -0.39 is 0 Å². The molecular formula is C12H21N3O3. The van der Waals surface area contributed by atoms with Crippen LogP contribution in [0, 0.1) is 5.92 Å². The molecule has 3 unspecified atom stereocenters. The van der Waals surface area contributed by atoms with Crippen LogP contribution in [-0.4, -0.2) is 55.1 Å². The molecule has 102 valence electrons. The third kappa shape index (κ3) is 3.00. The molecule has 0 radical (unpaired) electrons. The predicted molar refractivity (Wildman–Crippen MR) is 65.7 cm³/mol. The summed E-state index contributed by atoms with van der Waals surface area (Å²) in [5.74, 6) is 0.0629. The van der Waals surface area contributed by atoms with Gasteiger partial charge in [-0.05, 0) is 13.3 Å². The Kier molecular flexibility index (Phi) is 4.19. The summed E-state index contributed by atoms with van der Waals surface area (Å²) in [6.07, 6.45) is 1.00. The second-order valence-electron chi connectivity index (χ2n) is 5.09. The second kappa shape index (κ2) is 5.67. The van der Waals surface area contributed by atoms with E-state index in [2.05, 4.69) is 5.32 Å². The van der Waals surface area contributed by atoms with Crippen LogP contribution in [0.5, 0.6) is 0 Å². The lowest BCUT2D eigenvalue weighted by Crippen LogP contribution is -2.54. The average molecular weight is 255 g/mol. The van der Waals surface area contributed by atoms with Crippen LogP contribution in [0.2, 0.25) is 0 Å². The minimum atomic E-state index is -0.0884. The number of carbonyl (C=O) groups excluding carboxylic acids is 2. The van der Waals surface area contributed by atoms with Gasteiger partial charge in [-0.2, -0.15) is 0 Å². The lowest BCUT2D eigenvalue weighted by Gasteiger charge is -2.37. The first-order valence-corrected chi connectivity index (χ1v) is 6.50. The zero-order valence-electron chi connectivity index (χ0n) is 10.7. The molecule has 2 aliphatic heterocycles. The van der Waals surface area contributed by atoms with Crippen molar-refractivity contribution in [2.45, 2.75) is 31.9 Å². The van der Waals surface area contributed by atoms with Gasteiger partial charge in [0, 0.05) is 32.1 Å². The first-order valence-electron chi connectivity index (χ1n) is 6.50. The Morgan fingerprint density at radius 2 is 2.39 bits per heavy atom. The molecule has 6 heteroatoms. The molecule has 0 saturated carbocycles. The number of nitrogens with one attached hydrogen (secondary N) is 1. The van der Waals surface area contributed by atoms with Gasteiger partial charge in [-0.3, -0.25) is 9.59 Å². The highest BCUT2D eigenvalue weighted by Crippen LogP contribution is 2.17. The van der Waals surface area contributed by atoms with E-state index in [9.17, 15) is 9.59 Å². The van der Waals surface area contributed by atoms with Crippen LogP contribution in [0.4, 0.5) is 0 Å². The van der Waals surface area contributed by atoms with Gasteiger partial charge in [0.2, 0.25) is 11.8 Å². The largest absolute Gasteiger partial charge is 0.373 e. The van der Waals surface area contributed by atoms with Crippen LogP contribution in [0.1, 0.15) is 19.8 Å². The standard InChI is InChI=1S/C12H21N3O3/c1-8(13)10-7-15(4-5-18-10)12(17)9-2-3-11(16)14-6-9/h8-10H,2-7,13H2,1H3,(H,14,16). The SMILES string of the molecule is CC(N)C1CN(C(=O)C2CCC(=O)NC2)CCO1. The molecule has 2 amide bonds. The molecule has 3 atom stereocenters. The minimum Gasteiger partial charge on any atom is -0.373 e. The van der Waals surface area contributed by atoms with Crippen molar-refractivity contribution in [1.29, 1.82) is 0 Å². The van der Waals surface area contributed by atoms with E-state index in [4.69, 9.17) is 10.5 Å². The second-order valence-corrected chi connectivity index (χ2v) is 5.09. The normalized spacial score (nSPS) is 30.8. The number of amides is 2. The molecule has 2 heterocycles. The summed E-state index contributed by atoms with van der Waals surface area (Å²) >= 11 is 0. The molecule has 2 saturated heterocycles. The van der Waals surface area contributed by atoms with Crippen molar-refractivity contribution in [3.8, 4) is 0 Å². The third-order valence-corrected chi connectivity index (χ3v) is 3.61. The molecule has 0 spiro atoms. The Balaban J connectivity index is 1.90. The Hall–Kier alpha value is -1.14. The molecule has 2 rings (SSSR count). The number of nitrogens with two attached hydrogens (primary N) is 1. The van der Waals surface area contributed by atoms with Gasteiger partial charge in [-0.25, -0.2) is 0 Å². The highest BCUT2D eigenvalue weighted by Gasteiger charge is 2.32. The smallest absolute Gasteiger partial charge is 0.227 e. The molecule has 6 nitrogen and oxygen atoms in total. The van der Waals surface area contributed by atoms with Crippen molar-refractivity contribution < 1.29 is 14.3 Å². The Labute approximate surface area is 107 Å². The number of morpholine rings is 1. The number of nitrogens with zero attached hydrogens (tertiary/aromatic N) is 1. The van der Waals surface area contributed by atoms with Crippen LogP contribution in [0.3, 0.4) is 0 Å². The molecule has 18 heavy (non-hydrogen) atoms. The molecule has 0 aromatic heterocycles. The molecular weight excluding hydrogens is 234 g/mol. The van der Waals surface area contributed by atoms with E-state index in [1.165, 1.54) is 0 Å². The van der Waals surface area contributed by atoms with Gasteiger partial charge in [0.1, 0.15) is 0 Å². The fraction of sp³-hybridized carbons (Fsp3) is 0.833. The number of hydrogen-bond acceptors (Lipinski definition) is 4. The zero-order valence-corrected chi connectivity index (χ0v) is 10.7. The first kappa shape index (κ1) is 13.3. The molecule has 2 fully saturated rings. The monoisotopic (exact) mass is 255 g/mol. The van der Waals surface area contributed by atoms with Crippen molar-refractivity contribution >= 4 is 11.8 Å². The summed E-state index contributed by atoms with van der Waals surface area (Å²) in [4.78, 5) is 25.2.